The fourth-order valence-corrected chi connectivity index (χ4v) is 4.10. The molecule has 8 nitrogen and oxygen atoms in total. The Balaban J connectivity index is 1.43. The highest BCUT2D eigenvalue weighted by Crippen LogP contribution is 2.24. The highest BCUT2D eigenvalue weighted by molar-refractivity contribution is 6.30. The summed E-state index contributed by atoms with van der Waals surface area (Å²) < 4.78 is 3.35. The summed E-state index contributed by atoms with van der Waals surface area (Å²) in [6, 6.07) is 18.9. The molecular weight excluding hydrogens is 462 g/mol. The number of nitrogens with two attached hydrogens (primary N) is 1. The first-order valence-corrected chi connectivity index (χ1v) is 11.7. The number of nitrogens with zero attached hydrogens (tertiary/aromatic N) is 5. The van der Waals surface area contributed by atoms with Gasteiger partial charge in [-0.3, -0.25) is 4.79 Å². The second-order valence-corrected chi connectivity index (χ2v) is 8.85. The van der Waals surface area contributed by atoms with Crippen LogP contribution >= 0.6 is 11.6 Å². The van der Waals surface area contributed by atoms with E-state index >= 15 is 0 Å². The van der Waals surface area contributed by atoms with Gasteiger partial charge in [-0.15, -0.1) is 0 Å². The number of amides is 1. The molecule has 0 saturated carbocycles. The summed E-state index contributed by atoms with van der Waals surface area (Å²) in [7, 11) is 0. The molecule has 1 amide bonds. The van der Waals surface area contributed by atoms with Crippen molar-refractivity contribution in [2.24, 2.45) is 0 Å². The lowest BCUT2D eigenvalue weighted by Gasteiger charge is -2.13. The van der Waals surface area contributed by atoms with Gasteiger partial charge in [0.15, 0.2) is 0 Å². The van der Waals surface area contributed by atoms with Crippen molar-refractivity contribution in [3.63, 3.8) is 0 Å². The molecule has 0 aliphatic heterocycles. The summed E-state index contributed by atoms with van der Waals surface area (Å²) in [5, 5.41) is 22.2. The van der Waals surface area contributed by atoms with Gasteiger partial charge in [0.2, 0.25) is 0 Å². The van der Waals surface area contributed by atoms with Crippen molar-refractivity contribution < 1.29 is 4.79 Å². The highest BCUT2D eigenvalue weighted by Gasteiger charge is 2.21. The first-order valence-electron chi connectivity index (χ1n) is 11.4. The number of aryl methyl sites for hydroxylation is 1. The van der Waals surface area contributed by atoms with Crippen LogP contribution < -0.4 is 11.1 Å². The van der Waals surface area contributed by atoms with Crippen molar-refractivity contribution in [2.75, 3.05) is 12.3 Å². The molecule has 0 bridgehead atoms. The Morgan fingerprint density at radius 1 is 1.11 bits per heavy atom. The van der Waals surface area contributed by atoms with Crippen LogP contribution in [0.4, 0.5) is 5.82 Å². The average molecular weight is 488 g/mol. The summed E-state index contributed by atoms with van der Waals surface area (Å²) >= 11 is 6.01. The smallest absolute Gasteiger partial charge is 0.254 e. The molecule has 0 fully saturated rings. The molecule has 0 spiro atoms. The number of hydrogen-bond donors (Lipinski definition) is 2. The summed E-state index contributed by atoms with van der Waals surface area (Å²) in [5.41, 5.74) is 10.1. The molecule has 0 unspecified atom stereocenters. The number of halogens is 1. The Morgan fingerprint density at radius 2 is 1.80 bits per heavy atom. The molecule has 2 aromatic carbocycles. The van der Waals surface area contributed by atoms with Crippen LogP contribution in [0, 0.1) is 11.3 Å². The molecule has 0 saturated heterocycles. The van der Waals surface area contributed by atoms with E-state index in [0.717, 1.165) is 17.1 Å². The Bertz CT molecular complexity index is 1370. The number of anilines is 1. The van der Waals surface area contributed by atoms with Gasteiger partial charge in [0.05, 0.1) is 34.5 Å². The van der Waals surface area contributed by atoms with E-state index in [9.17, 15) is 10.1 Å². The number of hydrogen-bond acceptors (Lipinski definition) is 5. The summed E-state index contributed by atoms with van der Waals surface area (Å²) in [5.74, 6) is 0.203. The maximum atomic E-state index is 13.0. The van der Waals surface area contributed by atoms with Gasteiger partial charge in [-0.2, -0.15) is 15.5 Å². The van der Waals surface area contributed by atoms with Crippen molar-refractivity contribution in [1.82, 2.24) is 24.9 Å². The zero-order chi connectivity index (χ0) is 24.9. The molecule has 2 heterocycles. The standard InChI is InChI=1S/C26H26ClN7O/c1-17(2)24-22(16-31-33(24)20-12-10-18(27)11-13-20)26(35)30-14-6-9-23-21(15-28)25(29)34(32-23)19-7-4-3-5-8-19/h3-5,7-8,10-13,16-17H,6,9,14,29H2,1-2H3,(H,30,35). The van der Waals surface area contributed by atoms with Crippen LogP contribution in [0.1, 0.15) is 53.5 Å². The number of para-hydroxylation sites is 1. The number of nitriles is 1. The monoisotopic (exact) mass is 487 g/mol. The van der Waals surface area contributed by atoms with E-state index in [1.165, 1.54) is 0 Å². The summed E-state index contributed by atoms with van der Waals surface area (Å²) in [6.07, 6.45) is 2.71. The first kappa shape index (κ1) is 24.0. The van der Waals surface area contributed by atoms with Gasteiger partial charge in [-0.05, 0) is 55.2 Å². The number of carbonyl (C=O) groups excluding carboxylic acids is 1. The van der Waals surface area contributed by atoms with Gasteiger partial charge < -0.3 is 11.1 Å². The first-order chi connectivity index (χ1) is 16.9. The fraction of sp³-hybridized carbons (Fsp3) is 0.231. The normalized spacial score (nSPS) is 10.9. The summed E-state index contributed by atoms with van der Waals surface area (Å²) in [4.78, 5) is 13.0. The Morgan fingerprint density at radius 3 is 2.46 bits per heavy atom. The average Bonchev–Trinajstić information content (AvgIpc) is 3.44. The SMILES string of the molecule is CC(C)c1c(C(=O)NCCCc2nn(-c3ccccc3)c(N)c2C#N)cnn1-c1ccc(Cl)cc1. The molecule has 9 heteroatoms. The van der Waals surface area contributed by atoms with Crippen LogP contribution in [0.25, 0.3) is 11.4 Å². The topological polar surface area (TPSA) is 115 Å². The maximum Gasteiger partial charge on any atom is 0.254 e. The second kappa shape index (κ2) is 10.5. The lowest BCUT2D eigenvalue weighted by atomic mass is 10.0. The van der Waals surface area contributed by atoms with Crippen LogP contribution in [-0.4, -0.2) is 32.0 Å². The van der Waals surface area contributed by atoms with E-state index < -0.39 is 0 Å². The van der Waals surface area contributed by atoms with E-state index in [4.69, 9.17) is 17.3 Å². The van der Waals surface area contributed by atoms with Crippen molar-refractivity contribution >= 4 is 23.3 Å². The van der Waals surface area contributed by atoms with Crippen molar-refractivity contribution in [1.29, 1.82) is 5.26 Å². The molecule has 4 rings (SSSR count). The van der Waals surface area contributed by atoms with E-state index in [1.807, 2.05) is 56.3 Å². The number of nitrogen functional groups attached to an aromatic ring is 1. The van der Waals surface area contributed by atoms with Gasteiger partial charge in [-0.1, -0.05) is 43.6 Å². The highest BCUT2D eigenvalue weighted by atomic mass is 35.5. The van der Waals surface area contributed by atoms with Crippen LogP contribution in [0.3, 0.4) is 0 Å². The lowest BCUT2D eigenvalue weighted by molar-refractivity contribution is 0.0952. The second-order valence-electron chi connectivity index (χ2n) is 8.41. The predicted molar refractivity (Wildman–Crippen MR) is 136 cm³/mol. The minimum atomic E-state index is -0.191. The zero-order valence-corrected chi connectivity index (χ0v) is 20.3. The lowest BCUT2D eigenvalue weighted by Crippen LogP contribution is -2.26. The van der Waals surface area contributed by atoms with Gasteiger partial charge in [0.1, 0.15) is 17.5 Å². The molecule has 0 aliphatic rings. The van der Waals surface area contributed by atoms with Crippen LogP contribution in [-0.2, 0) is 6.42 Å². The van der Waals surface area contributed by atoms with Crippen molar-refractivity contribution in [3.05, 3.63) is 88.3 Å². The van der Waals surface area contributed by atoms with Crippen LogP contribution in [0.5, 0.6) is 0 Å². The zero-order valence-electron chi connectivity index (χ0n) is 19.6. The van der Waals surface area contributed by atoms with Gasteiger partial charge in [-0.25, -0.2) is 9.36 Å². The number of benzene rings is 2. The minimum absolute atomic E-state index is 0.0806. The molecular formula is C26H26ClN7O. The third-order valence-electron chi connectivity index (χ3n) is 5.65. The number of rotatable bonds is 8. The van der Waals surface area contributed by atoms with Crippen molar-refractivity contribution in [3.8, 4) is 17.4 Å². The van der Waals surface area contributed by atoms with E-state index in [-0.39, 0.29) is 11.8 Å². The molecule has 4 aromatic rings. The van der Waals surface area contributed by atoms with Crippen molar-refractivity contribution in [2.45, 2.75) is 32.6 Å². The third kappa shape index (κ3) is 5.05. The van der Waals surface area contributed by atoms with Gasteiger partial charge >= 0.3 is 0 Å². The predicted octanol–water partition coefficient (Wildman–Crippen LogP) is 4.65. The van der Waals surface area contributed by atoms with Crippen LogP contribution in [0.2, 0.25) is 5.02 Å². The molecule has 0 aliphatic carbocycles. The van der Waals surface area contributed by atoms with Gasteiger partial charge in [0, 0.05) is 11.6 Å². The Kier molecular flexibility index (Phi) is 7.18. The number of aromatic nitrogens is 4. The molecule has 2 aromatic heterocycles. The number of nitrogens with one attached hydrogen (secondary N) is 1. The molecule has 3 N–H and O–H groups in total. The molecule has 35 heavy (non-hydrogen) atoms. The molecule has 0 atom stereocenters. The maximum absolute atomic E-state index is 13.0. The van der Waals surface area contributed by atoms with E-state index in [1.54, 1.807) is 27.7 Å². The fourth-order valence-electron chi connectivity index (χ4n) is 3.97. The third-order valence-corrected chi connectivity index (χ3v) is 5.90. The molecule has 178 valence electrons. The van der Waals surface area contributed by atoms with Gasteiger partial charge in [0.25, 0.3) is 5.91 Å². The Hall–Kier alpha value is -4.09. The molecule has 0 radical (unpaired) electrons. The minimum Gasteiger partial charge on any atom is -0.382 e. The van der Waals surface area contributed by atoms with Crippen LogP contribution in [0.15, 0.2) is 60.8 Å². The number of carbonyl (C=O) groups is 1. The summed E-state index contributed by atoms with van der Waals surface area (Å²) in [6.45, 7) is 4.47. The Labute approximate surface area is 208 Å². The quantitative estimate of drug-likeness (QED) is 0.351. The van der Waals surface area contributed by atoms with E-state index in [0.29, 0.717) is 47.0 Å². The van der Waals surface area contributed by atoms with E-state index in [2.05, 4.69) is 21.6 Å². The largest absolute Gasteiger partial charge is 0.382 e.